The van der Waals surface area contributed by atoms with Gasteiger partial charge in [-0.3, -0.25) is 0 Å². The van der Waals surface area contributed by atoms with E-state index < -0.39 is 5.82 Å². The van der Waals surface area contributed by atoms with Crippen molar-refractivity contribution in [3.05, 3.63) is 35.1 Å². The third-order valence-electron chi connectivity index (χ3n) is 4.26. The summed E-state index contributed by atoms with van der Waals surface area (Å²) in [4.78, 5) is 0. The highest BCUT2D eigenvalue weighted by atomic mass is 19.1. The fourth-order valence-corrected chi connectivity index (χ4v) is 3.12. The Morgan fingerprint density at radius 2 is 2.29 bits per heavy atom. The van der Waals surface area contributed by atoms with Crippen molar-refractivity contribution in [1.29, 1.82) is 0 Å². The predicted octanol–water partition coefficient (Wildman–Crippen LogP) is 2.84. The number of rotatable bonds is 5. The van der Waals surface area contributed by atoms with E-state index in [4.69, 9.17) is 10.9 Å². The number of hydrogen-bond acceptors (Lipinski definition) is 3. The van der Waals surface area contributed by atoms with Crippen LogP contribution in [0.5, 0.6) is 0 Å². The highest BCUT2D eigenvalue weighted by Gasteiger charge is 2.18. The summed E-state index contributed by atoms with van der Waals surface area (Å²) >= 11 is 0. The number of benzene rings is 1. The van der Waals surface area contributed by atoms with Crippen LogP contribution in [-0.2, 0) is 6.54 Å². The zero-order chi connectivity index (χ0) is 15.2. The van der Waals surface area contributed by atoms with Crippen molar-refractivity contribution >= 4 is 5.84 Å². The lowest BCUT2D eigenvalue weighted by Crippen LogP contribution is -2.27. The second-order valence-electron chi connectivity index (χ2n) is 6.03. The van der Waals surface area contributed by atoms with Crippen molar-refractivity contribution in [2.75, 3.05) is 6.54 Å². The Kier molecular flexibility index (Phi) is 5.56. The molecule has 0 aromatic heterocycles. The van der Waals surface area contributed by atoms with Gasteiger partial charge in [-0.15, -0.1) is 0 Å². The quantitative estimate of drug-likeness (QED) is 0.338. The Morgan fingerprint density at radius 3 is 3.00 bits per heavy atom. The van der Waals surface area contributed by atoms with E-state index in [9.17, 15) is 4.39 Å². The van der Waals surface area contributed by atoms with E-state index in [1.165, 1.54) is 31.7 Å². The van der Waals surface area contributed by atoms with E-state index >= 15 is 0 Å². The van der Waals surface area contributed by atoms with Gasteiger partial charge in [0.15, 0.2) is 5.84 Å². The zero-order valence-corrected chi connectivity index (χ0v) is 12.5. The first-order valence-electron chi connectivity index (χ1n) is 7.57. The molecule has 0 amide bonds. The first-order valence-corrected chi connectivity index (χ1v) is 7.57. The molecular formula is C16H24FN3O. The van der Waals surface area contributed by atoms with Crippen LogP contribution < -0.4 is 11.1 Å². The molecule has 0 radical (unpaired) electrons. The molecule has 0 heterocycles. The molecule has 0 aliphatic heterocycles. The van der Waals surface area contributed by atoms with Gasteiger partial charge in [-0.1, -0.05) is 37.1 Å². The predicted molar refractivity (Wildman–Crippen MR) is 81.7 cm³/mol. The molecule has 1 aliphatic carbocycles. The maximum Gasteiger partial charge on any atom is 0.173 e. The lowest BCUT2D eigenvalue weighted by atomic mass is 9.82. The molecule has 1 aromatic rings. The fraction of sp³-hybridized carbons (Fsp3) is 0.562. The Balaban J connectivity index is 1.91. The summed E-state index contributed by atoms with van der Waals surface area (Å²) in [5, 5.41) is 14.8. The largest absolute Gasteiger partial charge is 0.409 e. The van der Waals surface area contributed by atoms with Gasteiger partial charge in [-0.2, -0.15) is 0 Å². The molecule has 1 aromatic carbocycles. The molecule has 0 spiro atoms. The molecule has 1 aliphatic rings. The van der Waals surface area contributed by atoms with Crippen molar-refractivity contribution < 1.29 is 9.60 Å². The first kappa shape index (κ1) is 15.8. The Morgan fingerprint density at radius 1 is 1.48 bits per heavy atom. The number of nitrogens with two attached hydrogens (primary N) is 1. The van der Waals surface area contributed by atoms with Gasteiger partial charge in [0, 0.05) is 12.1 Å². The van der Waals surface area contributed by atoms with Gasteiger partial charge in [0.25, 0.3) is 0 Å². The summed E-state index contributed by atoms with van der Waals surface area (Å²) in [5.41, 5.74) is 6.15. The van der Waals surface area contributed by atoms with Gasteiger partial charge in [-0.05, 0) is 37.3 Å². The molecule has 4 nitrogen and oxygen atoms in total. The zero-order valence-electron chi connectivity index (χ0n) is 12.5. The summed E-state index contributed by atoms with van der Waals surface area (Å²) in [6.45, 7) is 3.67. The smallest absolute Gasteiger partial charge is 0.173 e. The van der Waals surface area contributed by atoms with Gasteiger partial charge in [0.1, 0.15) is 5.82 Å². The Labute approximate surface area is 125 Å². The Bertz CT molecular complexity index is 504. The number of amidine groups is 1. The average Bonchev–Trinajstić information content (AvgIpc) is 2.48. The van der Waals surface area contributed by atoms with E-state index in [-0.39, 0.29) is 11.4 Å². The minimum absolute atomic E-state index is 0.142. The second-order valence-corrected chi connectivity index (χ2v) is 6.03. The van der Waals surface area contributed by atoms with Crippen LogP contribution in [0.25, 0.3) is 0 Å². The summed E-state index contributed by atoms with van der Waals surface area (Å²) in [5.74, 6) is 0.864. The standard InChI is InChI=1S/C16H24FN3O/c1-11-4-2-5-12(8-11)9-19-10-13-6-3-7-14(15(13)17)16(18)20-21/h3,6-7,11-12,19,21H,2,4-5,8-10H2,1H3,(H2,18,20). The molecule has 4 N–H and O–H groups in total. The molecule has 21 heavy (non-hydrogen) atoms. The minimum atomic E-state index is -0.419. The summed E-state index contributed by atoms with van der Waals surface area (Å²) in [6, 6.07) is 4.95. The lowest BCUT2D eigenvalue weighted by molar-refractivity contribution is 0.274. The van der Waals surface area contributed by atoms with Crippen molar-refractivity contribution in [2.24, 2.45) is 22.7 Å². The minimum Gasteiger partial charge on any atom is -0.409 e. The second kappa shape index (κ2) is 7.41. The third-order valence-corrected chi connectivity index (χ3v) is 4.26. The molecular weight excluding hydrogens is 269 g/mol. The maximum absolute atomic E-state index is 14.2. The molecule has 2 unspecified atom stereocenters. The van der Waals surface area contributed by atoms with Crippen LogP contribution in [0.15, 0.2) is 23.4 Å². The van der Waals surface area contributed by atoms with Crippen LogP contribution >= 0.6 is 0 Å². The first-order chi connectivity index (χ1) is 10.1. The van der Waals surface area contributed by atoms with Gasteiger partial charge in [-0.25, -0.2) is 4.39 Å². The number of halogens is 1. The number of nitrogens with one attached hydrogen (secondary N) is 1. The van der Waals surface area contributed by atoms with E-state index in [0.717, 1.165) is 12.5 Å². The van der Waals surface area contributed by atoms with Gasteiger partial charge < -0.3 is 16.3 Å². The maximum atomic E-state index is 14.2. The molecule has 0 saturated heterocycles. The summed E-state index contributed by atoms with van der Waals surface area (Å²) in [7, 11) is 0. The van der Waals surface area contributed by atoms with Crippen molar-refractivity contribution in [3.8, 4) is 0 Å². The van der Waals surface area contributed by atoms with Gasteiger partial charge >= 0.3 is 0 Å². The molecule has 116 valence electrons. The summed E-state index contributed by atoms with van der Waals surface area (Å²) in [6.07, 6.45) is 5.12. The molecule has 1 fully saturated rings. The van der Waals surface area contributed by atoms with Crippen LogP contribution in [-0.4, -0.2) is 17.6 Å². The number of oxime groups is 1. The number of hydrogen-bond donors (Lipinski definition) is 3. The van der Waals surface area contributed by atoms with Crippen molar-refractivity contribution in [3.63, 3.8) is 0 Å². The highest BCUT2D eigenvalue weighted by Crippen LogP contribution is 2.28. The normalized spacial score (nSPS) is 23.2. The highest BCUT2D eigenvalue weighted by molar-refractivity contribution is 5.97. The number of nitrogens with zero attached hydrogens (tertiary/aromatic N) is 1. The molecule has 2 rings (SSSR count). The van der Waals surface area contributed by atoms with Gasteiger partial charge in [0.2, 0.25) is 0 Å². The molecule has 0 bridgehead atoms. The van der Waals surface area contributed by atoms with Crippen LogP contribution in [0.1, 0.15) is 43.7 Å². The average molecular weight is 293 g/mol. The van der Waals surface area contributed by atoms with E-state index in [2.05, 4.69) is 17.4 Å². The van der Waals surface area contributed by atoms with E-state index in [1.807, 2.05) is 0 Å². The van der Waals surface area contributed by atoms with Crippen LogP contribution in [0.3, 0.4) is 0 Å². The molecule has 1 saturated carbocycles. The van der Waals surface area contributed by atoms with Crippen LogP contribution in [0.4, 0.5) is 4.39 Å². The fourth-order valence-electron chi connectivity index (χ4n) is 3.12. The van der Waals surface area contributed by atoms with E-state index in [0.29, 0.717) is 18.0 Å². The van der Waals surface area contributed by atoms with Gasteiger partial charge in [0.05, 0.1) is 5.56 Å². The van der Waals surface area contributed by atoms with Crippen molar-refractivity contribution in [2.45, 2.75) is 39.2 Å². The topological polar surface area (TPSA) is 70.6 Å². The third kappa shape index (κ3) is 4.17. The molecule has 2 atom stereocenters. The van der Waals surface area contributed by atoms with E-state index in [1.54, 1.807) is 12.1 Å². The summed E-state index contributed by atoms with van der Waals surface area (Å²) < 4.78 is 14.2. The Hall–Kier alpha value is -1.62. The van der Waals surface area contributed by atoms with Crippen LogP contribution in [0, 0.1) is 17.7 Å². The molecule has 5 heteroatoms. The SMILES string of the molecule is CC1CCCC(CNCc2cccc(/C(N)=N/O)c2F)C1. The lowest BCUT2D eigenvalue weighted by Gasteiger charge is -2.26. The van der Waals surface area contributed by atoms with Crippen LogP contribution in [0.2, 0.25) is 0 Å². The van der Waals surface area contributed by atoms with Crippen molar-refractivity contribution in [1.82, 2.24) is 5.32 Å². The monoisotopic (exact) mass is 293 g/mol.